The molecule has 1 saturated heterocycles. The molecular weight excluding hydrogens is 285 g/mol. The van der Waals surface area contributed by atoms with Crippen LogP contribution < -0.4 is 21.3 Å². The number of halogens is 1. The highest BCUT2D eigenvalue weighted by molar-refractivity contribution is 5.96. The third-order valence-electron chi connectivity index (χ3n) is 3.44. The van der Waals surface area contributed by atoms with Crippen molar-refractivity contribution in [3.63, 3.8) is 0 Å². The zero-order valence-corrected chi connectivity index (χ0v) is 11.8. The van der Waals surface area contributed by atoms with E-state index in [2.05, 4.69) is 15.6 Å². The van der Waals surface area contributed by atoms with Gasteiger partial charge in [-0.05, 0) is 29.8 Å². The molecule has 1 aliphatic heterocycles. The normalized spacial score (nSPS) is 14.0. The van der Waals surface area contributed by atoms with E-state index in [0.717, 1.165) is 5.56 Å². The number of hydrogen-bond donors (Lipinski definition) is 3. The molecule has 1 aromatic heterocycles. The molecule has 0 unspecified atom stereocenters. The van der Waals surface area contributed by atoms with Gasteiger partial charge in [0, 0.05) is 19.6 Å². The third-order valence-corrected chi connectivity index (χ3v) is 3.44. The van der Waals surface area contributed by atoms with Crippen LogP contribution in [0.15, 0.2) is 36.4 Å². The van der Waals surface area contributed by atoms with Crippen molar-refractivity contribution >= 4 is 23.4 Å². The van der Waals surface area contributed by atoms with E-state index in [1.54, 1.807) is 29.2 Å². The number of anilines is 3. The van der Waals surface area contributed by atoms with E-state index < -0.39 is 0 Å². The number of carbonyl (C=O) groups is 1. The molecule has 2 aromatic rings. The minimum atomic E-state index is -0.264. The lowest BCUT2D eigenvalue weighted by atomic mass is 10.2. The summed E-state index contributed by atoms with van der Waals surface area (Å²) in [5.41, 5.74) is 7.46. The molecule has 3 rings (SSSR count). The average Bonchev–Trinajstić information content (AvgIpc) is 2.93. The van der Waals surface area contributed by atoms with Gasteiger partial charge >= 0.3 is 6.03 Å². The maximum absolute atomic E-state index is 12.8. The Morgan fingerprint density at radius 2 is 2.05 bits per heavy atom. The van der Waals surface area contributed by atoms with Crippen LogP contribution in [0.5, 0.6) is 0 Å². The summed E-state index contributed by atoms with van der Waals surface area (Å²) in [6.45, 7) is 1.69. The smallest absolute Gasteiger partial charge is 0.322 e. The molecule has 0 bridgehead atoms. The minimum Gasteiger partial charge on any atom is -0.382 e. The molecule has 1 fully saturated rings. The first kappa shape index (κ1) is 14.1. The summed E-state index contributed by atoms with van der Waals surface area (Å²) in [5.74, 6) is 0.630. The fourth-order valence-electron chi connectivity index (χ4n) is 2.29. The number of amides is 2. The largest absolute Gasteiger partial charge is 0.382 e. The number of nitrogens with zero attached hydrogens (tertiary/aromatic N) is 2. The molecule has 22 heavy (non-hydrogen) atoms. The second kappa shape index (κ2) is 5.88. The Morgan fingerprint density at radius 3 is 2.68 bits per heavy atom. The van der Waals surface area contributed by atoms with Crippen LogP contribution >= 0.6 is 0 Å². The average molecular weight is 301 g/mol. The van der Waals surface area contributed by atoms with Crippen LogP contribution in [0.25, 0.3) is 0 Å². The monoisotopic (exact) mass is 301 g/mol. The molecule has 0 saturated carbocycles. The molecule has 114 valence electrons. The molecular formula is C15H16FN5O. The van der Waals surface area contributed by atoms with E-state index >= 15 is 0 Å². The summed E-state index contributed by atoms with van der Waals surface area (Å²) in [6.07, 6.45) is 0. The van der Waals surface area contributed by atoms with Crippen LogP contribution in [0.2, 0.25) is 0 Å². The first-order chi connectivity index (χ1) is 10.6. The van der Waals surface area contributed by atoms with Gasteiger partial charge in [0.2, 0.25) is 0 Å². The quantitative estimate of drug-likeness (QED) is 0.806. The molecule has 0 spiro atoms. The summed E-state index contributed by atoms with van der Waals surface area (Å²) in [7, 11) is 0. The summed E-state index contributed by atoms with van der Waals surface area (Å²) in [6, 6.07) is 9.59. The zero-order chi connectivity index (χ0) is 15.5. The van der Waals surface area contributed by atoms with Crippen molar-refractivity contribution < 1.29 is 9.18 Å². The maximum Gasteiger partial charge on any atom is 0.322 e. The standard InChI is InChI=1S/C15H16FN5O/c16-11-3-1-10(2-4-11)9-19-13-6-5-12(14(17)20-13)21-8-7-18-15(21)22/h1-6H,7-9H2,(H,18,22)(H3,17,19,20). The molecule has 1 aliphatic rings. The lowest BCUT2D eigenvalue weighted by Crippen LogP contribution is -2.28. The van der Waals surface area contributed by atoms with E-state index in [1.165, 1.54) is 12.1 Å². The van der Waals surface area contributed by atoms with Crippen LogP contribution in [-0.4, -0.2) is 24.1 Å². The number of aromatic nitrogens is 1. The Kier molecular flexibility index (Phi) is 3.78. The molecule has 2 amide bonds. The fraction of sp³-hybridized carbons (Fsp3) is 0.200. The Hall–Kier alpha value is -2.83. The van der Waals surface area contributed by atoms with Gasteiger partial charge in [-0.1, -0.05) is 12.1 Å². The molecule has 0 atom stereocenters. The van der Waals surface area contributed by atoms with Crippen molar-refractivity contribution in [3.05, 3.63) is 47.8 Å². The van der Waals surface area contributed by atoms with E-state index in [4.69, 9.17) is 5.73 Å². The zero-order valence-electron chi connectivity index (χ0n) is 11.8. The van der Waals surface area contributed by atoms with Gasteiger partial charge in [0.25, 0.3) is 0 Å². The lowest BCUT2D eigenvalue weighted by Gasteiger charge is -2.16. The van der Waals surface area contributed by atoms with Gasteiger partial charge < -0.3 is 16.4 Å². The number of urea groups is 1. The topological polar surface area (TPSA) is 83.3 Å². The highest BCUT2D eigenvalue weighted by Crippen LogP contribution is 2.24. The predicted molar refractivity (Wildman–Crippen MR) is 83.1 cm³/mol. The van der Waals surface area contributed by atoms with Gasteiger partial charge in [-0.3, -0.25) is 4.90 Å². The SMILES string of the molecule is Nc1nc(NCc2ccc(F)cc2)ccc1N1CCNC1=O. The summed E-state index contributed by atoms with van der Waals surface area (Å²) in [4.78, 5) is 17.5. The van der Waals surface area contributed by atoms with Gasteiger partial charge in [0.15, 0.2) is 0 Å². The summed E-state index contributed by atoms with van der Waals surface area (Å²) in [5, 5.41) is 5.84. The second-order valence-corrected chi connectivity index (χ2v) is 4.96. The summed E-state index contributed by atoms with van der Waals surface area (Å²) >= 11 is 0. The van der Waals surface area contributed by atoms with Gasteiger partial charge in [0.05, 0.1) is 5.69 Å². The first-order valence-corrected chi connectivity index (χ1v) is 6.94. The Bertz CT molecular complexity index is 689. The molecule has 0 radical (unpaired) electrons. The molecule has 0 aliphatic carbocycles. The first-order valence-electron chi connectivity index (χ1n) is 6.94. The summed E-state index contributed by atoms with van der Waals surface area (Å²) < 4.78 is 12.8. The number of pyridine rings is 1. The van der Waals surface area contributed by atoms with Crippen LogP contribution in [0.4, 0.5) is 26.5 Å². The molecule has 2 heterocycles. The van der Waals surface area contributed by atoms with Gasteiger partial charge in [-0.25, -0.2) is 14.2 Å². The van der Waals surface area contributed by atoms with Crippen molar-refractivity contribution in [1.82, 2.24) is 10.3 Å². The van der Waals surface area contributed by atoms with E-state index in [9.17, 15) is 9.18 Å². The fourth-order valence-corrected chi connectivity index (χ4v) is 2.29. The molecule has 4 N–H and O–H groups in total. The lowest BCUT2D eigenvalue weighted by molar-refractivity contribution is 0.252. The highest BCUT2D eigenvalue weighted by Gasteiger charge is 2.23. The minimum absolute atomic E-state index is 0.166. The number of hydrogen-bond acceptors (Lipinski definition) is 4. The van der Waals surface area contributed by atoms with Crippen LogP contribution in [0, 0.1) is 5.82 Å². The van der Waals surface area contributed by atoms with Crippen molar-refractivity contribution in [2.45, 2.75) is 6.54 Å². The second-order valence-electron chi connectivity index (χ2n) is 4.96. The maximum atomic E-state index is 12.8. The van der Waals surface area contributed by atoms with Crippen LogP contribution in [0.3, 0.4) is 0 Å². The Balaban J connectivity index is 1.69. The number of nitrogens with one attached hydrogen (secondary N) is 2. The number of benzene rings is 1. The molecule has 7 heteroatoms. The number of nitrogens with two attached hydrogens (primary N) is 1. The van der Waals surface area contributed by atoms with Gasteiger partial charge in [0.1, 0.15) is 17.5 Å². The number of nitrogen functional groups attached to an aromatic ring is 1. The van der Waals surface area contributed by atoms with E-state index in [0.29, 0.717) is 37.0 Å². The predicted octanol–water partition coefficient (Wildman–Crippen LogP) is 1.94. The Labute approximate surface area is 127 Å². The van der Waals surface area contributed by atoms with Crippen LogP contribution in [0.1, 0.15) is 5.56 Å². The third kappa shape index (κ3) is 2.93. The van der Waals surface area contributed by atoms with Crippen molar-refractivity contribution in [1.29, 1.82) is 0 Å². The number of carbonyl (C=O) groups excluding carboxylic acids is 1. The van der Waals surface area contributed by atoms with Crippen molar-refractivity contribution in [3.8, 4) is 0 Å². The van der Waals surface area contributed by atoms with Gasteiger partial charge in [-0.2, -0.15) is 0 Å². The number of rotatable bonds is 4. The van der Waals surface area contributed by atoms with Crippen molar-refractivity contribution in [2.75, 3.05) is 29.0 Å². The van der Waals surface area contributed by atoms with E-state index in [-0.39, 0.29) is 11.8 Å². The van der Waals surface area contributed by atoms with Crippen molar-refractivity contribution in [2.24, 2.45) is 0 Å². The van der Waals surface area contributed by atoms with Crippen LogP contribution in [-0.2, 0) is 6.54 Å². The Morgan fingerprint density at radius 1 is 1.27 bits per heavy atom. The molecule has 6 nitrogen and oxygen atoms in total. The highest BCUT2D eigenvalue weighted by atomic mass is 19.1. The molecule has 1 aromatic carbocycles. The van der Waals surface area contributed by atoms with Gasteiger partial charge in [-0.15, -0.1) is 0 Å². The van der Waals surface area contributed by atoms with E-state index in [1.807, 2.05) is 0 Å².